The molecule has 1 saturated carbocycles. The van der Waals surface area contributed by atoms with Gasteiger partial charge < -0.3 is 10.5 Å². The number of nitrogen functional groups attached to an aromatic ring is 1. The third kappa shape index (κ3) is 4.11. The molecule has 2 N–H and O–H groups in total. The normalized spacial score (nSPS) is 16.5. The maximum atomic E-state index is 12.4. The Balaban J connectivity index is 1.92. The van der Waals surface area contributed by atoms with Gasteiger partial charge in [-0.1, -0.05) is 31.9 Å². The van der Waals surface area contributed by atoms with E-state index < -0.39 is 10.0 Å². The molecule has 21 heavy (non-hydrogen) atoms. The zero-order chi connectivity index (χ0) is 15.3. The van der Waals surface area contributed by atoms with Crippen LogP contribution in [0.1, 0.15) is 32.6 Å². The number of hydrogen-bond acceptors (Lipinski definition) is 4. The Morgan fingerprint density at radius 1 is 1.29 bits per heavy atom. The van der Waals surface area contributed by atoms with E-state index in [1.807, 2.05) is 19.1 Å². The summed E-state index contributed by atoms with van der Waals surface area (Å²) >= 11 is 0. The van der Waals surface area contributed by atoms with Gasteiger partial charge in [-0.15, -0.1) is 0 Å². The van der Waals surface area contributed by atoms with Crippen LogP contribution in [-0.4, -0.2) is 37.7 Å². The summed E-state index contributed by atoms with van der Waals surface area (Å²) in [5, 5.41) is 0. The molecule has 118 valence electrons. The molecule has 2 rings (SSSR count). The van der Waals surface area contributed by atoms with Crippen molar-refractivity contribution < 1.29 is 13.2 Å². The zero-order valence-electron chi connectivity index (χ0n) is 12.5. The molecule has 0 unspecified atom stereocenters. The molecule has 1 aliphatic rings. The second kappa shape index (κ2) is 7.13. The van der Waals surface area contributed by atoms with Crippen LogP contribution in [0, 0.1) is 0 Å². The average molecular weight is 312 g/mol. The largest absolute Gasteiger partial charge is 0.490 e. The molecule has 0 bridgehead atoms. The Bertz CT molecular complexity index is 554. The maximum absolute atomic E-state index is 12.4. The van der Waals surface area contributed by atoms with E-state index >= 15 is 0 Å². The van der Waals surface area contributed by atoms with E-state index in [-0.39, 0.29) is 18.4 Å². The molecular weight excluding hydrogens is 288 g/mol. The van der Waals surface area contributed by atoms with Crippen molar-refractivity contribution in [3.8, 4) is 5.75 Å². The second-order valence-electron chi connectivity index (χ2n) is 5.34. The standard InChI is InChI=1S/C15H24N2O3S/c1-2-17(13-7-3-4-8-13)21(18,19)12-11-20-15-10-6-5-9-14(15)16/h5-6,9-10,13H,2-4,7-8,11-12,16H2,1H3. The first-order valence-corrected chi connectivity index (χ1v) is 9.12. The lowest BCUT2D eigenvalue weighted by atomic mass is 10.2. The molecule has 5 nitrogen and oxygen atoms in total. The van der Waals surface area contributed by atoms with Crippen LogP contribution in [0.15, 0.2) is 24.3 Å². The minimum atomic E-state index is -3.27. The smallest absolute Gasteiger partial charge is 0.217 e. The Kier molecular flexibility index (Phi) is 5.47. The minimum Gasteiger partial charge on any atom is -0.490 e. The third-order valence-corrected chi connectivity index (χ3v) is 5.87. The Labute approximate surface area is 127 Å². The van der Waals surface area contributed by atoms with Crippen LogP contribution in [0.5, 0.6) is 5.75 Å². The highest BCUT2D eigenvalue weighted by atomic mass is 32.2. The number of hydrogen-bond donors (Lipinski definition) is 1. The predicted octanol–water partition coefficient (Wildman–Crippen LogP) is 2.24. The molecule has 0 radical (unpaired) electrons. The van der Waals surface area contributed by atoms with Gasteiger partial charge in [-0.3, -0.25) is 0 Å². The highest BCUT2D eigenvalue weighted by molar-refractivity contribution is 7.89. The first kappa shape index (κ1) is 16.1. The van der Waals surface area contributed by atoms with E-state index in [4.69, 9.17) is 10.5 Å². The van der Waals surface area contributed by atoms with Crippen LogP contribution in [-0.2, 0) is 10.0 Å². The number of ether oxygens (including phenoxy) is 1. The molecule has 6 heteroatoms. The summed E-state index contributed by atoms with van der Waals surface area (Å²) in [6.45, 7) is 2.55. The number of sulfonamides is 1. The van der Waals surface area contributed by atoms with E-state index in [1.165, 1.54) is 0 Å². The van der Waals surface area contributed by atoms with Crippen molar-refractivity contribution in [3.05, 3.63) is 24.3 Å². The second-order valence-corrected chi connectivity index (χ2v) is 7.39. The molecule has 0 atom stereocenters. The van der Waals surface area contributed by atoms with Crippen molar-refractivity contribution in [1.82, 2.24) is 4.31 Å². The van der Waals surface area contributed by atoms with E-state index in [0.717, 1.165) is 25.7 Å². The van der Waals surface area contributed by atoms with Gasteiger partial charge in [-0.2, -0.15) is 4.31 Å². The topological polar surface area (TPSA) is 72.6 Å². The lowest BCUT2D eigenvalue weighted by Gasteiger charge is -2.26. The van der Waals surface area contributed by atoms with Crippen LogP contribution in [0.2, 0.25) is 0 Å². The molecule has 0 saturated heterocycles. The Morgan fingerprint density at radius 2 is 1.95 bits per heavy atom. The fourth-order valence-electron chi connectivity index (χ4n) is 2.86. The van der Waals surface area contributed by atoms with Crippen molar-refractivity contribution in [2.24, 2.45) is 0 Å². The summed E-state index contributed by atoms with van der Waals surface area (Å²) in [6.07, 6.45) is 4.18. The Hall–Kier alpha value is -1.27. The van der Waals surface area contributed by atoms with Crippen LogP contribution >= 0.6 is 0 Å². The number of rotatable bonds is 7. The summed E-state index contributed by atoms with van der Waals surface area (Å²) in [4.78, 5) is 0. The summed E-state index contributed by atoms with van der Waals surface area (Å²) in [7, 11) is -3.27. The number of nitrogens with two attached hydrogens (primary N) is 1. The van der Waals surface area contributed by atoms with Gasteiger partial charge in [0.1, 0.15) is 12.4 Å². The van der Waals surface area contributed by atoms with Gasteiger partial charge in [-0.25, -0.2) is 8.42 Å². The molecule has 0 aromatic heterocycles. The minimum absolute atomic E-state index is 0.00826. The molecule has 0 amide bonds. The lowest BCUT2D eigenvalue weighted by Crippen LogP contribution is -2.41. The van der Waals surface area contributed by atoms with Crippen LogP contribution in [0.25, 0.3) is 0 Å². The van der Waals surface area contributed by atoms with Crippen LogP contribution < -0.4 is 10.5 Å². The number of anilines is 1. The van der Waals surface area contributed by atoms with Gasteiger partial charge in [0, 0.05) is 12.6 Å². The number of benzene rings is 1. The van der Waals surface area contributed by atoms with Crippen molar-refractivity contribution in [3.63, 3.8) is 0 Å². The van der Waals surface area contributed by atoms with Gasteiger partial charge in [0.15, 0.2) is 0 Å². The lowest BCUT2D eigenvalue weighted by molar-refractivity contribution is 0.316. The summed E-state index contributed by atoms with van der Waals surface area (Å²) in [5.74, 6) is 0.530. The molecule has 1 fully saturated rings. The molecule has 1 aromatic rings. The fourth-order valence-corrected chi connectivity index (χ4v) is 4.45. The SMILES string of the molecule is CCN(C1CCCC1)S(=O)(=O)CCOc1ccccc1N. The van der Waals surface area contributed by atoms with Gasteiger partial charge in [0.25, 0.3) is 0 Å². The highest BCUT2D eigenvalue weighted by Gasteiger charge is 2.30. The molecular formula is C15H24N2O3S. The van der Waals surface area contributed by atoms with E-state index in [1.54, 1.807) is 16.4 Å². The number of para-hydroxylation sites is 2. The molecule has 0 spiro atoms. The van der Waals surface area contributed by atoms with Gasteiger partial charge in [0.05, 0.1) is 11.4 Å². The van der Waals surface area contributed by atoms with Crippen molar-refractivity contribution in [2.75, 3.05) is 24.6 Å². The van der Waals surface area contributed by atoms with Crippen molar-refractivity contribution >= 4 is 15.7 Å². The van der Waals surface area contributed by atoms with Crippen LogP contribution in [0.4, 0.5) is 5.69 Å². The van der Waals surface area contributed by atoms with E-state index in [0.29, 0.717) is 18.0 Å². The van der Waals surface area contributed by atoms with E-state index in [2.05, 4.69) is 0 Å². The van der Waals surface area contributed by atoms with Gasteiger partial charge >= 0.3 is 0 Å². The third-order valence-electron chi connectivity index (χ3n) is 3.92. The molecule has 1 aromatic carbocycles. The highest BCUT2D eigenvalue weighted by Crippen LogP contribution is 2.26. The first-order chi connectivity index (χ1) is 10.0. The predicted molar refractivity (Wildman–Crippen MR) is 84.8 cm³/mol. The fraction of sp³-hybridized carbons (Fsp3) is 0.600. The summed E-state index contributed by atoms with van der Waals surface area (Å²) in [5.41, 5.74) is 6.30. The Morgan fingerprint density at radius 3 is 2.57 bits per heavy atom. The van der Waals surface area contributed by atoms with Gasteiger partial charge in [-0.05, 0) is 25.0 Å². The zero-order valence-corrected chi connectivity index (χ0v) is 13.3. The van der Waals surface area contributed by atoms with Crippen LogP contribution in [0.3, 0.4) is 0 Å². The van der Waals surface area contributed by atoms with Crippen molar-refractivity contribution in [1.29, 1.82) is 0 Å². The summed E-state index contributed by atoms with van der Waals surface area (Å²) < 4.78 is 32.0. The summed E-state index contributed by atoms with van der Waals surface area (Å²) in [6, 6.07) is 7.29. The molecule has 0 heterocycles. The molecule has 0 aliphatic heterocycles. The quantitative estimate of drug-likeness (QED) is 0.784. The molecule has 1 aliphatic carbocycles. The monoisotopic (exact) mass is 312 g/mol. The number of nitrogens with zero attached hydrogens (tertiary/aromatic N) is 1. The van der Waals surface area contributed by atoms with Crippen molar-refractivity contribution in [2.45, 2.75) is 38.6 Å². The maximum Gasteiger partial charge on any atom is 0.217 e. The van der Waals surface area contributed by atoms with E-state index in [9.17, 15) is 8.42 Å². The van der Waals surface area contributed by atoms with Gasteiger partial charge in [0.2, 0.25) is 10.0 Å². The first-order valence-electron chi connectivity index (χ1n) is 7.51. The average Bonchev–Trinajstić information content (AvgIpc) is 2.95.